The molecule has 0 aromatic carbocycles. The van der Waals surface area contributed by atoms with Crippen LogP contribution in [-0.2, 0) is 14.5 Å². The van der Waals surface area contributed by atoms with Crippen molar-refractivity contribution in [2.45, 2.75) is 89.8 Å². The van der Waals surface area contributed by atoms with Crippen molar-refractivity contribution < 1.29 is 29.9 Å². The first-order valence-electron chi connectivity index (χ1n) is 9.90. The Kier molecular flexibility index (Phi) is 11.4. The van der Waals surface area contributed by atoms with E-state index < -0.39 is 18.2 Å². The van der Waals surface area contributed by atoms with Crippen LogP contribution in [-0.4, -0.2) is 39.4 Å². The molecule has 6 nitrogen and oxygen atoms in total. The molecule has 150 valence electrons. The Morgan fingerprint density at radius 2 is 1.92 bits per heavy atom. The van der Waals surface area contributed by atoms with Crippen LogP contribution in [0.4, 0.5) is 0 Å². The van der Waals surface area contributed by atoms with E-state index in [2.05, 4.69) is 11.8 Å². The molecule has 3 N–H and O–H groups in total. The highest BCUT2D eigenvalue weighted by Gasteiger charge is 2.39. The van der Waals surface area contributed by atoms with E-state index in [0.29, 0.717) is 19.3 Å². The zero-order chi connectivity index (χ0) is 19.4. The topological polar surface area (TPSA) is 104 Å². The predicted octanol–water partition coefficient (Wildman–Crippen LogP) is 3.97. The summed E-state index contributed by atoms with van der Waals surface area (Å²) >= 11 is 0. The molecule has 0 saturated heterocycles. The molecule has 0 aromatic heterocycles. The van der Waals surface area contributed by atoms with Gasteiger partial charge in [0.25, 0.3) is 0 Å². The van der Waals surface area contributed by atoms with Crippen LogP contribution in [0.15, 0.2) is 12.2 Å². The van der Waals surface area contributed by atoms with Crippen molar-refractivity contribution in [2.75, 3.05) is 0 Å². The standard InChI is InChI=1S/C20H34O6/c1-2-3-4-5-6-7-9-15(26-25)12-13-17-16(10-8-11-20(23)24)18(21)14-19(17)22/h12-13,15-17,19,22,25H,2-11,14H2,1H3,(H,23,24)/t15?,16-,17-,19-/m1/s1. The summed E-state index contributed by atoms with van der Waals surface area (Å²) in [5.41, 5.74) is 0. The van der Waals surface area contributed by atoms with Crippen molar-refractivity contribution >= 4 is 11.8 Å². The highest BCUT2D eigenvalue weighted by atomic mass is 17.1. The van der Waals surface area contributed by atoms with E-state index in [1.807, 2.05) is 0 Å². The first-order chi connectivity index (χ1) is 12.5. The molecule has 1 saturated carbocycles. The van der Waals surface area contributed by atoms with E-state index in [-0.39, 0.29) is 30.5 Å². The van der Waals surface area contributed by atoms with Gasteiger partial charge in [-0.2, -0.15) is 0 Å². The van der Waals surface area contributed by atoms with Gasteiger partial charge in [0, 0.05) is 24.7 Å². The molecule has 0 bridgehead atoms. The van der Waals surface area contributed by atoms with Gasteiger partial charge in [-0.25, -0.2) is 4.89 Å². The summed E-state index contributed by atoms with van der Waals surface area (Å²) in [6.45, 7) is 2.18. The van der Waals surface area contributed by atoms with E-state index in [0.717, 1.165) is 12.8 Å². The number of aliphatic hydroxyl groups excluding tert-OH is 1. The van der Waals surface area contributed by atoms with Crippen molar-refractivity contribution in [1.82, 2.24) is 0 Å². The van der Waals surface area contributed by atoms with Crippen molar-refractivity contribution in [3.8, 4) is 0 Å². The quantitative estimate of drug-likeness (QED) is 0.185. The van der Waals surface area contributed by atoms with Gasteiger partial charge in [0.15, 0.2) is 0 Å². The van der Waals surface area contributed by atoms with E-state index in [1.165, 1.54) is 25.7 Å². The van der Waals surface area contributed by atoms with Crippen LogP contribution in [0.5, 0.6) is 0 Å². The van der Waals surface area contributed by atoms with Crippen molar-refractivity contribution in [2.24, 2.45) is 11.8 Å². The molecule has 1 aliphatic rings. The number of carboxylic acid groups (broad SMARTS) is 1. The van der Waals surface area contributed by atoms with Gasteiger partial charge in [-0.3, -0.25) is 14.8 Å². The normalized spacial score (nSPS) is 24.4. The SMILES string of the molecule is CCCCCCCCC(C=C[C@H]1[C@H](O)CC(=O)[C@@H]1CCCC(=O)O)OO. The summed E-state index contributed by atoms with van der Waals surface area (Å²) in [5, 5.41) is 27.9. The number of hydrogen-bond donors (Lipinski definition) is 3. The molecule has 6 heteroatoms. The molecule has 1 rings (SSSR count). The number of rotatable bonds is 14. The number of carboxylic acids is 1. The molecule has 1 unspecified atom stereocenters. The van der Waals surface area contributed by atoms with Crippen LogP contribution in [0, 0.1) is 11.8 Å². The summed E-state index contributed by atoms with van der Waals surface area (Å²) in [6, 6.07) is 0. The highest BCUT2D eigenvalue weighted by Crippen LogP contribution is 2.34. The van der Waals surface area contributed by atoms with E-state index in [1.54, 1.807) is 12.2 Å². The van der Waals surface area contributed by atoms with E-state index in [4.69, 9.17) is 10.4 Å². The molecule has 0 radical (unpaired) electrons. The Morgan fingerprint density at radius 1 is 1.23 bits per heavy atom. The fraction of sp³-hybridized carbons (Fsp3) is 0.800. The lowest BCUT2D eigenvalue weighted by molar-refractivity contribution is -0.267. The summed E-state index contributed by atoms with van der Waals surface area (Å²) in [6.07, 6.45) is 10.9. The molecule has 0 heterocycles. The Bertz CT molecular complexity index is 448. The second-order valence-corrected chi connectivity index (χ2v) is 7.29. The van der Waals surface area contributed by atoms with Crippen LogP contribution < -0.4 is 0 Å². The summed E-state index contributed by atoms with van der Waals surface area (Å²) in [5.74, 6) is -1.59. The maximum atomic E-state index is 12.1. The van der Waals surface area contributed by atoms with E-state index >= 15 is 0 Å². The number of aliphatic carboxylic acids is 1. The zero-order valence-corrected chi connectivity index (χ0v) is 15.8. The molecule has 26 heavy (non-hydrogen) atoms. The largest absolute Gasteiger partial charge is 0.481 e. The lowest BCUT2D eigenvalue weighted by Gasteiger charge is -2.18. The third-order valence-electron chi connectivity index (χ3n) is 5.16. The summed E-state index contributed by atoms with van der Waals surface area (Å²) in [7, 11) is 0. The van der Waals surface area contributed by atoms with Crippen molar-refractivity contribution in [3.63, 3.8) is 0 Å². The lowest BCUT2D eigenvalue weighted by Crippen LogP contribution is -2.20. The number of aliphatic hydroxyl groups is 1. The van der Waals surface area contributed by atoms with Gasteiger partial charge >= 0.3 is 5.97 Å². The summed E-state index contributed by atoms with van der Waals surface area (Å²) < 4.78 is 0. The Hall–Kier alpha value is -1.24. The number of hydrogen-bond acceptors (Lipinski definition) is 5. The number of Topliss-reactive ketones (excluding diaryl/α,β-unsaturated/α-hetero) is 1. The van der Waals surface area contributed by atoms with Gasteiger partial charge in [0.2, 0.25) is 0 Å². The summed E-state index contributed by atoms with van der Waals surface area (Å²) in [4.78, 5) is 27.2. The second-order valence-electron chi connectivity index (χ2n) is 7.29. The predicted molar refractivity (Wildman–Crippen MR) is 98.7 cm³/mol. The minimum absolute atomic E-state index is 0.0186. The average molecular weight is 370 g/mol. The number of carbonyl (C=O) groups is 2. The van der Waals surface area contributed by atoms with Gasteiger partial charge in [-0.1, -0.05) is 57.6 Å². The first-order valence-corrected chi connectivity index (χ1v) is 9.90. The molecule has 1 aliphatic carbocycles. The molecule has 0 spiro atoms. The zero-order valence-electron chi connectivity index (χ0n) is 15.8. The van der Waals surface area contributed by atoms with Crippen LogP contribution in [0.1, 0.15) is 77.6 Å². The molecule has 0 amide bonds. The smallest absolute Gasteiger partial charge is 0.303 e. The van der Waals surface area contributed by atoms with Crippen LogP contribution >= 0.6 is 0 Å². The van der Waals surface area contributed by atoms with Crippen molar-refractivity contribution in [3.05, 3.63) is 12.2 Å². The third kappa shape index (κ3) is 8.43. The third-order valence-corrected chi connectivity index (χ3v) is 5.16. The lowest BCUT2D eigenvalue weighted by atomic mass is 9.88. The van der Waals surface area contributed by atoms with Crippen molar-refractivity contribution in [1.29, 1.82) is 0 Å². The fourth-order valence-corrected chi connectivity index (χ4v) is 3.63. The van der Waals surface area contributed by atoms with Gasteiger partial charge in [-0.15, -0.1) is 0 Å². The molecule has 0 aliphatic heterocycles. The monoisotopic (exact) mass is 370 g/mol. The maximum absolute atomic E-state index is 12.1. The molecular formula is C20H34O6. The minimum atomic E-state index is -0.879. The first kappa shape index (κ1) is 22.8. The fourth-order valence-electron chi connectivity index (χ4n) is 3.63. The Balaban J connectivity index is 2.46. The van der Waals surface area contributed by atoms with Gasteiger partial charge in [0.05, 0.1) is 6.10 Å². The molecular weight excluding hydrogens is 336 g/mol. The highest BCUT2D eigenvalue weighted by molar-refractivity contribution is 5.84. The van der Waals surface area contributed by atoms with Crippen LogP contribution in [0.3, 0.4) is 0 Å². The van der Waals surface area contributed by atoms with Crippen LogP contribution in [0.25, 0.3) is 0 Å². The van der Waals surface area contributed by atoms with Gasteiger partial charge in [0.1, 0.15) is 11.9 Å². The second kappa shape index (κ2) is 13.0. The maximum Gasteiger partial charge on any atom is 0.303 e. The minimum Gasteiger partial charge on any atom is -0.481 e. The number of carbonyl (C=O) groups excluding carboxylic acids is 1. The van der Waals surface area contributed by atoms with E-state index in [9.17, 15) is 14.7 Å². The Morgan fingerprint density at radius 3 is 2.58 bits per heavy atom. The van der Waals surface area contributed by atoms with Crippen LogP contribution in [0.2, 0.25) is 0 Å². The Labute approximate surface area is 156 Å². The van der Waals surface area contributed by atoms with Gasteiger partial charge in [-0.05, 0) is 19.3 Å². The molecule has 1 fully saturated rings. The molecule has 0 aromatic rings. The number of ketones is 1. The average Bonchev–Trinajstić information content (AvgIpc) is 2.86. The number of unbranched alkanes of at least 4 members (excludes halogenated alkanes) is 5. The van der Waals surface area contributed by atoms with Gasteiger partial charge < -0.3 is 10.2 Å². The molecule has 4 atom stereocenters.